The average Bonchev–Trinajstić information content (AvgIpc) is 3.63. The highest BCUT2D eigenvalue weighted by Gasteiger charge is 2.36. The van der Waals surface area contributed by atoms with E-state index in [2.05, 4.69) is 15.5 Å². The van der Waals surface area contributed by atoms with E-state index in [0.717, 1.165) is 18.9 Å². The van der Waals surface area contributed by atoms with E-state index in [1.54, 1.807) is 12.1 Å². The summed E-state index contributed by atoms with van der Waals surface area (Å²) in [4.78, 5) is 27.9. The number of ether oxygens (including phenoxy) is 1. The lowest BCUT2D eigenvalue weighted by Crippen LogP contribution is -2.49. The minimum Gasteiger partial charge on any atom is -0.371 e. The summed E-state index contributed by atoms with van der Waals surface area (Å²) in [7, 11) is 0. The van der Waals surface area contributed by atoms with Gasteiger partial charge in [0.1, 0.15) is 6.61 Å². The fraction of sp³-hybridized carbons (Fsp3) is 0.455. The molecule has 11 heteroatoms. The molecule has 0 unspecified atom stereocenters. The number of hydrogen-bond acceptors (Lipinski definition) is 6. The summed E-state index contributed by atoms with van der Waals surface area (Å²) in [5.41, 5.74) is -1.28. The Morgan fingerprint density at radius 2 is 1.76 bits per heavy atom. The zero-order chi connectivity index (χ0) is 23.4. The second kappa shape index (κ2) is 9.74. The standard InChI is InChI=1S/C22H24F3N5O3/c23-22(24,25)17-4-2-1-3-16(17)21(32)30-11-9-29(10-12-30)19-8-7-18(27-28-19)26-20(31)14-33-13-15-5-6-15/h1-4,7-8,15H,5-6,9-14H2,(H,26,27,31). The van der Waals surface area contributed by atoms with Crippen LogP contribution in [0.2, 0.25) is 0 Å². The summed E-state index contributed by atoms with van der Waals surface area (Å²) in [5.74, 6) is 0.490. The highest BCUT2D eigenvalue weighted by molar-refractivity contribution is 5.96. The number of benzene rings is 1. The van der Waals surface area contributed by atoms with Gasteiger partial charge in [-0.05, 0) is 43.0 Å². The number of hydrogen-bond donors (Lipinski definition) is 1. The lowest BCUT2D eigenvalue weighted by Gasteiger charge is -2.35. The van der Waals surface area contributed by atoms with Crippen molar-refractivity contribution in [1.82, 2.24) is 15.1 Å². The molecule has 2 amide bonds. The fourth-order valence-electron chi connectivity index (χ4n) is 3.57. The zero-order valence-electron chi connectivity index (χ0n) is 17.8. The molecule has 0 atom stereocenters. The van der Waals surface area contributed by atoms with Crippen molar-refractivity contribution in [1.29, 1.82) is 0 Å². The average molecular weight is 463 g/mol. The highest BCUT2D eigenvalue weighted by atomic mass is 19.4. The van der Waals surface area contributed by atoms with Gasteiger partial charge in [-0.1, -0.05) is 12.1 Å². The van der Waals surface area contributed by atoms with Gasteiger partial charge in [-0.15, -0.1) is 10.2 Å². The van der Waals surface area contributed by atoms with E-state index < -0.39 is 17.6 Å². The van der Waals surface area contributed by atoms with Gasteiger partial charge < -0.3 is 19.9 Å². The highest BCUT2D eigenvalue weighted by Crippen LogP contribution is 2.32. The molecule has 1 saturated heterocycles. The maximum atomic E-state index is 13.2. The molecular formula is C22H24F3N5O3. The molecule has 176 valence electrons. The number of anilines is 2. The molecule has 1 saturated carbocycles. The van der Waals surface area contributed by atoms with Crippen molar-refractivity contribution < 1.29 is 27.5 Å². The van der Waals surface area contributed by atoms with Gasteiger partial charge in [0.15, 0.2) is 11.6 Å². The van der Waals surface area contributed by atoms with Crippen molar-refractivity contribution in [2.45, 2.75) is 19.0 Å². The van der Waals surface area contributed by atoms with Gasteiger partial charge in [-0.2, -0.15) is 13.2 Å². The minimum absolute atomic E-state index is 0.0343. The minimum atomic E-state index is -4.59. The van der Waals surface area contributed by atoms with Crippen molar-refractivity contribution in [3.8, 4) is 0 Å². The molecule has 2 aromatic rings. The molecule has 1 aliphatic carbocycles. The number of aromatic nitrogens is 2. The molecule has 1 aromatic heterocycles. The number of alkyl halides is 3. The molecule has 4 rings (SSSR count). The van der Waals surface area contributed by atoms with Crippen molar-refractivity contribution in [3.63, 3.8) is 0 Å². The van der Waals surface area contributed by atoms with Gasteiger partial charge in [0, 0.05) is 26.2 Å². The van der Waals surface area contributed by atoms with E-state index in [-0.39, 0.29) is 31.2 Å². The van der Waals surface area contributed by atoms with E-state index in [4.69, 9.17) is 4.74 Å². The summed E-state index contributed by atoms with van der Waals surface area (Å²) in [5, 5.41) is 10.7. The summed E-state index contributed by atoms with van der Waals surface area (Å²) in [6.45, 7) is 1.86. The van der Waals surface area contributed by atoms with Crippen LogP contribution in [0.5, 0.6) is 0 Å². The number of carbonyl (C=O) groups excluding carboxylic acids is 2. The molecule has 1 aliphatic heterocycles. The summed E-state index contributed by atoms with van der Waals surface area (Å²) >= 11 is 0. The molecule has 1 aromatic carbocycles. The number of amides is 2. The largest absolute Gasteiger partial charge is 0.417 e. The first-order valence-electron chi connectivity index (χ1n) is 10.7. The number of rotatable bonds is 7. The molecule has 2 fully saturated rings. The number of nitrogens with zero attached hydrogens (tertiary/aromatic N) is 4. The predicted octanol–water partition coefficient (Wildman–Crippen LogP) is 2.82. The first kappa shape index (κ1) is 23.0. The summed E-state index contributed by atoms with van der Waals surface area (Å²) in [6.07, 6.45) is -2.29. The van der Waals surface area contributed by atoms with Crippen LogP contribution in [-0.2, 0) is 15.7 Å². The van der Waals surface area contributed by atoms with Crippen LogP contribution < -0.4 is 10.2 Å². The topological polar surface area (TPSA) is 87.7 Å². The van der Waals surface area contributed by atoms with Crippen molar-refractivity contribution in [2.75, 3.05) is 49.6 Å². The summed E-state index contributed by atoms with van der Waals surface area (Å²) < 4.78 is 45.1. The van der Waals surface area contributed by atoms with Crippen LogP contribution in [0.15, 0.2) is 36.4 Å². The van der Waals surface area contributed by atoms with Gasteiger partial charge in [-0.3, -0.25) is 9.59 Å². The maximum Gasteiger partial charge on any atom is 0.417 e. The van der Waals surface area contributed by atoms with Crippen LogP contribution in [0.4, 0.5) is 24.8 Å². The number of piperazine rings is 1. The van der Waals surface area contributed by atoms with Crippen molar-refractivity contribution in [2.24, 2.45) is 5.92 Å². The fourth-order valence-corrected chi connectivity index (χ4v) is 3.57. The lowest BCUT2D eigenvalue weighted by molar-refractivity contribution is -0.138. The first-order chi connectivity index (χ1) is 15.8. The second-order valence-corrected chi connectivity index (χ2v) is 8.11. The van der Waals surface area contributed by atoms with Crippen LogP contribution in [0.3, 0.4) is 0 Å². The number of carbonyl (C=O) groups is 2. The van der Waals surface area contributed by atoms with Gasteiger partial charge >= 0.3 is 6.18 Å². The molecule has 1 N–H and O–H groups in total. The molecule has 0 bridgehead atoms. The van der Waals surface area contributed by atoms with Gasteiger partial charge in [0.05, 0.1) is 17.7 Å². The van der Waals surface area contributed by atoms with E-state index in [1.807, 2.05) is 4.90 Å². The third kappa shape index (κ3) is 5.98. The van der Waals surface area contributed by atoms with Gasteiger partial charge in [0.25, 0.3) is 11.8 Å². The van der Waals surface area contributed by atoms with Crippen LogP contribution in [0.25, 0.3) is 0 Å². The van der Waals surface area contributed by atoms with Gasteiger partial charge in [0.2, 0.25) is 0 Å². The Bertz CT molecular complexity index is 988. The molecule has 0 radical (unpaired) electrons. The van der Waals surface area contributed by atoms with Gasteiger partial charge in [-0.25, -0.2) is 0 Å². The maximum absolute atomic E-state index is 13.2. The Morgan fingerprint density at radius 1 is 1.03 bits per heavy atom. The Morgan fingerprint density at radius 3 is 2.39 bits per heavy atom. The molecule has 0 spiro atoms. The Hall–Kier alpha value is -3.21. The van der Waals surface area contributed by atoms with Crippen molar-refractivity contribution in [3.05, 3.63) is 47.5 Å². The monoisotopic (exact) mass is 463 g/mol. The van der Waals surface area contributed by atoms with E-state index in [1.165, 1.54) is 23.1 Å². The quantitative estimate of drug-likeness (QED) is 0.680. The van der Waals surface area contributed by atoms with Crippen LogP contribution >= 0.6 is 0 Å². The lowest BCUT2D eigenvalue weighted by atomic mass is 10.1. The van der Waals surface area contributed by atoms with E-state index in [0.29, 0.717) is 37.3 Å². The normalized spacial score (nSPS) is 16.6. The SMILES string of the molecule is O=C(COCC1CC1)Nc1ccc(N2CCN(C(=O)c3ccccc3C(F)(F)F)CC2)nn1. The van der Waals surface area contributed by atoms with Crippen molar-refractivity contribution >= 4 is 23.5 Å². The third-order valence-corrected chi connectivity index (χ3v) is 5.56. The van der Waals surface area contributed by atoms with Crippen LogP contribution in [-0.4, -0.2) is 66.3 Å². The zero-order valence-corrected chi connectivity index (χ0v) is 17.8. The molecule has 33 heavy (non-hydrogen) atoms. The molecule has 2 aliphatic rings. The Kier molecular flexibility index (Phi) is 6.77. The number of halogens is 3. The smallest absolute Gasteiger partial charge is 0.371 e. The predicted molar refractivity (Wildman–Crippen MR) is 114 cm³/mol. The van der Waals surface area contributed by atoms with Crippen LogP contribution in [0.1, 0.15) is 28.8 Å². The number of nitrogens with one attached hydrogen (secondary N) is 1. The molecule has 2 heterocycles. The van der Waals surface area contributed by atoms with Crippen LogP contribution in [0, 0.1) is 5.92 Å². The molecular weight excluding hydrogens is 439 g/mol. The summed E-state index contributed by atoms with van der Waals surface area (Å²) in [6, 6.07) is 8.13. The van der Waals surface area contributed by atoms with E-state index in [9.17, 15) is 22.8 Å². The van der Waals surface area contributed by atoms with E-state index >= 15 is 0 Å². The Balaban J connectivity index is 1.29. The first-order valence-corrected chi connectivity index (χ1v) is 10.7. The molecule has 8 nitrogen and oxygen atoms in total. The second-order valence-electron chi connectivity index (χ2n) is 8.11. The Labute approximate surface area is 188 Å². The third-order valence-electron chi connectivity index (χ3n) is 5.56.